The summed E-state index contributed by atoms with van der Waals surface area (Å²) in [5.74, 6) is 0. The molecule has 3 nitrogen and oxygen atoms in total. The standard InChI is InChI=1S/2C6H15N.C3H6NP/c2*1-5(2)7-6(3)4;4-2-1-3-5/h2*5-7H,1-4H3;1,3,5H2. The molecule has 0 heterocycles. The molecule has 0 amide bonds. The van der Waals surface area contributed by atoms with Crippen LogP contribution in [-0.4, -0.2) is 30.3 Å². The van der Waals surface area contributed by atoms with Crippen LogP contribution in [0.3, 0.4) is 0 Å². The van der Waals surface area contributed by atoms with Crippen LogP contribution >= 0.6 is 9.24 Å². The Balaban J connectivity index is -0.000000206. The maximum Gasteiger partial charge on any atom is 0.0625 e. The summed E-state index contributed by atoms with van der Waals surface area (Å²) in [6, 6.07) is 4.50. The molecule has 4 heteroatoms. The molecule has 116 valence electrons. The number of nitrogens with one attached hydrogen (secondary N) is 2. The molecule has 0 aliphatic rings. The van der Waals surface area contributed by atoms with E-state index in [9.17, 15) is 0 Å². The molecule has 0 fully saturated rings. The van der Waals surface area contributed by atoms with E-state index in [0.29, 0.717) is 30.6 Å². The molecule has 0 aromatic heterocycles. The maximum atomic E-state index is 7.80. The third-order valence-corrected chi connectivity index (χ3v) is 1.88. The molecule has 0 radical (unpaired) electrons. The smallest absolute Gasteiger partial charge is 0.0625 e. The first-order valence-electron chi connectivity index (χ1n) is 7.26. The van der Waals surface area contributed by atoms with Gasteiger partial charge in [0, 0.05) is 30.6 Å². The first-order chi connectivity index (χ1) is 8.67. The minimum atomic E-state index is 0.625. The van der Waals surface area contributed by atoms with Crippen LogP contribution in [0.4, 0.5) is 0 Å². The molecular weight excluding hydrogens is 253 g/mol. The first kappa shape index (κ1) is 23.9. The van der Waals surface area contributed by atoms with Crippen molar-refractivity contribution >= 4 is 9.24 Å². The molecule has 19 heavy (non-hydrogen) atoms. The van der Waals surface area contributed by atoms with Crippen molar-refractivity contribution < 1.29 is 0 Å². The molecule has 0 rings (SSSR count). The average Bonchev–Trinajstić information content (AvgIpc) is 2.15. The highest BCUT2D eigenvalue weighted by Crippen LogP contribution is 1.82. The van der Waals surface area contributed by atoms with Crippen LogP contribution in [0, 0.1) is 11.3 Å². The summed E-state index contributed by atoms with van der Waals surface area (Å²) in [4.78, 5) is 0. The van der Waals surface area contributed by atoms with E-state index in [2.05, 4.69) is 75.3 Å². The van der Waals surface area contributed by atoms with Gasteiger partial charge < -0.3 is 10.6 Å². The second-order valence-corrected chi connectivity index (χ2v) is 6.23. The zero-order valence-corrected chi connectivity index (χ0v) is 15.4. The lowest BCUT2D eigenvalue weighted by Crippen LogP contribution is -2.29. The molecule has 0 aliphatic heterocycles. The predicted molar refractivity (Wildman–Crippen MR) is 91.6 cm³/mol. The minimum Gasteiger partial charge on any atom is -0.312 e. The Morgan fingerprint density at radius 1 is 0.789 bits per heavy atom. The zero-order valence-electron chi connectivity index (χ0n) is 14.2. The normalized spacial score (nSPS) is 9.89. The predicted octanol–water partition coefficient (Wildman–Crippen LogP) is 3.56. The molecule has 0 spiro atoms. The van der Waals surface area contributed by atoms with Crippen molar-refractivity contribution in [1.29, 1.82) is 5.26 Å². The van der Waals surface area contributed by atoms with Crippen LogP contribution in [0.15, 0.2) is 0 Å². The molecule has 0 aliphatic carbocycles. The van der Waals surface area contributed by atoms with Gasteiger partial charge in [0.15, 0.2) is 0 Å². The van der Waals surface area contributed by atoms with E-state index < -0.39 is 0 Å². The van der Waals surface area contributed by atoms with Gasteiger partial charge in [-0.1, -0.05) is 55.4 Å². The van der Waals surface area contributed by atoms with Gasteiger partial charge in [0.05, 0.1) is 6.07 Å². The number of nitrogens with zero attached hydrogens (tertiary/aromatic N) is 1. The van der Waals surface area contributed by atoms with Crippen molar-refractivity contribution in [2.45, 2.75) is 86.0 Å². The summed E-state index contributed by atoms with van der Waals surface area (Å²) >= 11 is 0. The van der Waals surface area contributed by atoms with E-state index in [0.717, 1.165) is 6.16 Å². The molecule has 0 saturated heterocycles. The second kappa shape index (κ2) is 17.8. The van der Waals surface area contributed by atoms with Gasteiger partial charge in [-0.15, -0.1) is 9.24 Å². The van der Waals surface area contributed by atoms with Crippen LogP contribution in [0.25, 0.3) is 0 Å². The highest BCUT2D eigenvalue weighted by Gasteiger charge is 1.93. The van der Waals surface area contributed by atoms with Gasteiger partial charge in [-0.2, -0.15) is 5.26 Å². The van der Waals surface area contributed by atoms with Gasteiger partial charge in [0.1, 0.15) is 0 Å². The van der Waals surface area contributed by atoms with Crippen molar-refractivity contribution in [2.24, 2.45) is 0 Å². The van der Waals surface area contributed by atoms with E-state index in [4.69, 9.17) is 5.26 Å². The highest BCUT2D eigenvalue weighted by atomic mass is 31.0. The van der Waals surface area contributed by atoms with Crippen LogP contribution in [0.5, 0.6) is 0 Å². The van der Waals surface area contributed by atoms with Crippen molar-refractivity contribution in [3.8, 4) is 6.07 Å². The molecule has 0 saturated carbocycles. The monoisotopic (exact) mass is 289 g/mol. The molecule has 0 bridgehead atoms. The van der Waals surface area contributed by atoms with Crippen molar-refractivity contribution in [1.82, 2.24) is 10.6 Å². The van der Waals surface area contributed by atoms with Crippen LogP contribution in [0.1, 0.15) is 61.8 Å². The Bertz CT molecular complexity index is 170. The van der Waals surface area contributed by atoms with Crippen LogP contribution in [0.2, 0.25) is 0 Å². The Hall–Kier alpha value is -0.160. The van der Waals surface area contributed by atoms with Gasteiger partial charge in [0.2, 0.25) is 0 Å². The van der Waals surface area contributed by atoms with Crippen LogP contribution < -0.4 is 10.6 Å². The van der Waals surface area contributed by atoms with E-state index in [1.54, 1.807) is 0 Å². The Morgan fingerprint density at radius 2 is 1.05 bits per heavy atom. The number of hydrogen-bond acceptors (Lipinski definition) is 3. The van der Waals surface area contributed by atoms with E-state index in [1.807, 2.05) is 6.07 Å². The first-order valence-corrected chi connectivity index (χ1v) is 8.08. The largest absolute Gasteiger partial charge is 0.312 e. The Morgan fingerprint density at radius 3 is 1.05 bits per heavy atom. The van der Waals surface area contributed by atoms with Crippen molar-refractivity contribution in [3.63, 3.8) is 0 Å². The molecule has 2 N–H and O–H groups in total. The fraction of sp³-hybridized carbons (Fsp3) is 0.933. The molecular formula is C15H36N3P. The maximum absolute atomic E-state index is 7.80. The summed E-state index contributed by atoms with van der Waals surface area (Å²) in [6.07, 6.45) is 1.56. The van der Waals surface area contributed by atoms with E-state index in [-0.39, 0.29) is 0 Å². The average molecular weight is 289 g/mol. The van der Waals surface area contributed by atoms with Gasteiger partial charge in [-0.3, -0.25) is 0 Å². The van der Waals surface area contributed by atoms with Gasteiger partial charge in [-0.05, 0) is 6.16 Å². The summed E-state index contributed by atoms with van der Waals surface area (Å²) in [5.41, 5.74) is 0. The van der Waals surface area contributed by atoms with Gasteiger partial charge >= 0.3 is 0 Å². The van der Waals surface area contributed by atoms with Gasteiger partial charge in [0.25, 0.3) is 0 Å². The number of hydrogen-bond donors (Lipinski definition) is 2. The lowest BCUT2D eigenvalue weighted by molar-refractivity contribution is 0.518. The highest BCUT2D eigenvalue weighted by molar-refractivity contribution is 7.16. The Labute approximate surface area is 124 Å². The summed E-state index contributed by atoms with van der Waals surface area (Å²) in [6.45, 7) is 17.2. The zero-order chi connectivity index (χ0) is 15.8. The lowest BCUT2D eigenvalue weighted by Gasteiger charge is -2.10. The quantitative estimate of drug-likeness (QED) is 0.761. The third kappa shape index (κ3) is 46.2. The summed E-state index contributed by atoms with van der Waals surface area (Å²) in [7, 11) is 2.48. The molecule has 0 aromatic carbocycles. The van der Waals surface area contributed by atoms with Crippen LogP contribution in [-0.2, 0) is 0 Å². The minimum absolute atomic E-state index is 0.625. The fourth-order valence-corrected chi connectivity index (χ4v) is 1.53. The lowest BCUT2D eigenvalue weighted by atomic mass is 10.3. The summed E-state index contributed by atoms with van der Waals surface area (Å²) < 4.78 is 0. The number of rotatable bonds is 5. The fourth-order valence-electron chi connectivity index (χ4n) is 1.40. The molecule has 0 aromatic rings. The summed E-state index contributed by atoms with van der Waals surface area (Å²) in [5, 5.41) is 14.4. The molecule has 1 unspecified atom stereocenters. The van der Waals surface area contributed by atoms with E-state index >= 15 is 0 Å². The second-order valence-electron chi connectivity index (χ2n) is 5.65. The SMILES string of the molecule is CC(C)NC(C)C.CC(C)NC(C)C.N#CCCP. The van der Waals surface area contributed by atoms with Gasteiger partial charge in [-0.25, -0.2) is 0 Å². The molecule has 1 atom stereocenters. The Kier molecular flexibility index (Phi) is 22.4. The number of nitriles is 1. The third-order valence-electron chi connectivity index (χ3n) is 1.59. The van der Waals surface area contributed by atoms with Crippen molar-refractivity contribution in [3.05, 3.63) is 0 Å². The van der Waals surface area contributed by atoms with E-state index in [1.165, 1.54) is 0 Å². The topological polar surface area (TPSA) is 47.8 Å². The van der Waals surface area contributed by atoms with Crippen molar-refractivity contribution in [2.75, 3.05) is 6.16 Å².